The fourth-order valence-corrected chi connectivity index (χ4v) is 3.08. The second-order valence-electron chi connectivity index (χ2n) is 6.53. The van der Waals surface area contributed by atoms with E-state index in [-0.39, 0.29) is 12.5 Å². The zero-order chi connectivity index (χ0) is 20.1. The molecule has 6 nitrogen and oxygen atoms in total. The van der Waals surface area contributed by atoms with E-state index in [0.717, 1.165) is 27.8 Å². The van der Waals surface area contributed by atoms with Crippen LogP contribution in [0.1, 0.15) is 11.3 Å². The molecule has 2 aromatic carbocycles. The lowest BCUT2D eigenvalue weighted by atomic mass is 10.2. The van der Waals surface area contributed by atoms with Gasteiger partial charge in [-0.25, -0.2) is 5.43 Å². The smallest absolute Gasteiger partial charge is 0.277 e. The fourth-order valence-electron chi connectivity index (χ4n) is 3.08. The van der Waals surface area contributed by atoms with E-state index in [1.807, 2.05) is 73.8 Å². The number of rotatable bonds is 6. The number of hydrazone groups is 1. The molecule has 0 aliphatic carbocycles. The Morgan fingerprint density at radius 1 is 1.14 bits per heavy atom. The first kappa shape index (κ1) is 18.4. The lowest BCUT2D eigenvalue weighted by molar-refractivity contribution is -0.123. The van der Waals surface area contributed by atoms with E-state index in [9.17, 15) is 4.79 Å². The zero-order valence-electron chi connectivity index (χ0n) is 15.9. The predicted molar refractivity (Wildman–Crippen MR) is 113 cm³/mol. The Balaban J connectivity index is 1.36. The number of carbonyl (C=O) groups excluding carboxylic acids is 1. The van der Waals surface area contributed by atoms with Crippen LogP contribution in [-0.2, 0) is 4.79 Å². The minimum atomic E-state index is -0.339. The molecule has 29 heavy (non-hydrogen) atoms. The Bertz CT molecular complexity index is 1160. The highest BCUT2D eigenvalue weighted by Crippen LogP contribution is 2.22. The molecule has 0 unspecified atom stereocenters. The van der Waals surface area contributed by atoms with Gasteiger partial charge in [0.05, 0.1) is 6.21 Å². The van der Waals surface area contributed by atoms with Crippen molar-refractivity contribution in [2.24, 2.45) is 5.10 Å². The molecule has 0 aliphatic rings. The lowest BCUT2D eigenvalue weighted by Gasteiger charge is -2.07. The number of hydrogen-bond acceptors (Lipinski definition) is 4. The summed E-state index contributed by atoms with van der Waals surface area (Å²) in [6.45, 7) is 1.88. The van der Waals surface area contributed by atoms with Gasteiger partial charge in [-0.05, 0) is 37.3 Å². The normalized spacial score (nSPS) is 11.1. The molecule has 144 valence electrons. The largest absolute Gasteiger partial charge is 0.481 e. The van der Waals surface area contributed by atoms with Crippen LogP contribution in [0.15, 0.2) is 84.2 Å². The van der Waals surface area contributed by atoms with Crippen LogP contribution < -0.4 is 10.2 Å². The molecule has 0 fully saturated rings. The van der Waals surface area contributed by atoms with Crippen molar-refractivity contribution < 1.29 is 9.53 Å². The summed E-state index contributed by atoms with van der Waals surface area (Å²) in [6, 6.07) is 21.5. The van der Waals surface area contributed by atoms with Gasteiger partial charge in [0.15, 0.2) is 6.61 Å². The fraction of sp³-hybridized carbons (Fsp3) is 0.0870. The van der Waals surface area contributed by atoms with Crippen molar-refractivity contribution in [2.45, 2.75) is 6.92 Å². The third kappa shape index (κ3) is 4.32. The van der Waals surface area contributed by atoms with Gasteiger partial charge in [0.2, 0.25) is 0 Å². The highest BCUT2D eigenvalue weighted by molar-refractivity contribution is 5.85. The van der Waals surface area contributed by atoms with Crippen LogP contribution in [0.4, 0.5) is 0 Å². The van der Waals surface area contributed by atoms with Crippen LogP contribution >= 0.6 is 0 Å². The number of para-hydroxylation sites is 2. The molecule has 0 radical (unpaired) electrons. The van der Waals surface area contributed by atoms with Crippen molar-refractivity contribution in [1.29, 1.82) is 0 Å². The number of pyridine rings is 1. The summed E-state index contributed by atoms with van der Waals surface area (Å²) in [5, 5.41) is 4.99. The molecule has 6 heteroatoms. The number of ether oxygens (including phenoxy) is 1. The van der Waals surface area contributed by atoms with Crippen LogP contribution in [0.2, 0.25) is 0 Å². The average Bonchev–Trinajstić information content (AvgIpc) is 3.13. The van der Waals surface area contributed by atoms with Crippen LogP contribution in [0.5, 0.6) is 5.75 Å². The highest BCUT2D eigenvalue weighted by atomic mass is 16.5. The van der Waals surface area contributed by atoms with Gasteiger partial charge in [0, 0.05) is 34.7 Å². The van der Waals surface area contributed by atoms with Crippen LogP contribution in [-0.4, -0.2) is 28.3 Å². The minimum absolute atomic E-state index is 0.142. The second-order valence-corrected chi connectivity index (χ2v) is 6.53. The summed E-state index contributed by atoms with van der Waals surface area (Å²) in [5.41, 5.74) is 6.27. The molecule has 0 saturated heterocycles. The maximum Gasteiger partial charge on any atom is 0.277 e. The molecule has 4 aromatic rings. The number of nitrogens with zero attached hydrogens (tertiary/aromatic N) is 3. The number of hydrogen-bond donors (Lipinski definition) is 1. The summed E-state index contributed by atoms with van der Waals surface area (Å²) in [5.74, 6) is 0.228. The monoisotopic (exact) mass is 384 g/mol. The van der Waals surface area contributed by atoms with E-state index >= 15 is 0 Å². The highest BCUT2D eigenvalue weighted by Gasteiger charge is 2.06. The quantitative estimate of drug-likeness (QED) is 0.405. The number of benzene rings is 2. The zero-order valence-corrected chi connectivity index (χ0v) is 15.9. The van der Waals surface area contributed by atoms with Gasteiger partial charge < -0.3 is 9.30 Å². The maximum atomic E-state index is 12.1. The molecule has 4 rings (SSSR count). The number of aromatic nitrogens is 2. The van der Waals surface area contributed by atoms with E-state index in [2.05, 4.69) is 20.1 Å². The van der Waals surface area contributed by atoms with Crippen molar-refractivity contribution in [1.82, 2.24) is 15.0 Å². The summed E-state index contributed by atoms with van der Waals surface area (Å²) < 4.78 is 7.68. The molecule has 0 aliphatic heterocycles. The average molecular weight is 384 g/mol. The maximum absolute atomic E-state index is 12.1. The van der Waals surface area contributed by atoms with Gasteiger partial charge in [-0.15, -0.1) is 0 Å². The Morgan fingerprint density at radius 2 is 1.97 bits per heavy atom. The molecule has 0 saturated carbocycles. The second kappa shape index (κ2) is 8.39. The Kier molecular flexibility index (Phi) is 5.33. The summed E-state index contributed by atoms with van der Waals surface area (Å²) >= 11 is 0. The molecule has 1 amide bonds. The van der Waals surface area contributed by atoms with E-state index < -0.39 is 0 Å². The van der Waals surface area contributed by atoms with E-state index in [0.29, 0.717) is 5.75 Å². The van der Waals surface area contributed by atoms with Gasteiger partial charge in [-0.3, -0.25) is 9.78 Å². The third-order valence-corrected chi connectivity index (χ3v) is 4.43. The molecule has 0 spiro atoms. The SMILES string of the molecule is Cc1cc(/C=N\NC(=O)COc2cccc3cccnc23)cn1-c1ccccc1. The topological polar surface area (TPSA) is 68.5 Å². The number of fused-ring (bicyclic) bond motifs is 1. The molecule has 0 bridgehead atoms. The van der Waals surface area contributed by atoms with Crippen molar-refractivity contribution in [2.75, 3.05) is 6.61 Å². The van der Waals surface area contributed by atoms with Crippen molar-refractivity contribution in [3.05, 3.63) is 90.4 Å². The van der Waals surface area contributed by atoms with Crippen molar-refractivity contribution >= 4 is 23.0 Å². The molecule has 2 heterocycles. The van der Waals surface area contributed by atoms with Crippen molar-refractivity contribution in [3.63, 3.8) is 0 Å². The Morgan fingerprint density at radius 3 is 2.83 bits per heavy atom. The van der Waals surface area contributed by atoms with Gasteiger partial charge in [0.25, 0.3) is 5.91 Å². The van der Waals surface area contributed by atoms with Gasteiger partial charge >= 0.3 is 0 Å². The number of aryl methyl sites for hydroxylation is 1. The van der Waals surface area contributed by atoms with Crippen LogP contribution in [0.25, 0.3) is 16.6 Å². The van der Waals surface area contributed by atoms with Crippen molar-refractivity contribution in [3.8, 4) is 11.4 Å². The summed E-state index contributed by atoms with van der Waals surface area (Å²) in [6.07, 6.45) is 5.28. The molecular weight excluding hydrogens is 364 g/mol. The van der Waals surface area contributed by atoms with E-state index in [1.165, 1.54) is 0 Å². The number of carbonyl (C=O) groups is 1. The predicted octanol–water partition coefficient (Wildman–Crippen LogP) is 3.86. The number of amides is 1. The molecular formula is C23H20N4O2. The number of nitrogens with one attached hydrogen (secondary N) is 1. The Hall–Kier alpha value is -3.93. The van der Waals surface area contributed by atoms with Gasteiger partial charge in [-0.1, -0.05) is 36.4 Å². The minimum Gasteiger partial charge on any atom is -0.481 e. The summed E-state index contributed by atoms with van der Waals surface area (Å²) in [7, 11) is 0. The van der Waals surface area contributed by atoms with Crippen LogP contribution in [0, 0.1) is 6.92 Å². The molecule has 2 aromatic heterocycles. The van der Waals surface area contributed by atoms with Gasteiger partial charge in [-0.2, -0.15) is 5.10 Å². The van der Waals surface area contributed by atoms with Crippen LogP contribution in [0.3, 0.4) is 0 Å². The molecule has 1 N–H and O–H groups in total. The Labute approximate surface area is 168 Å². The first-order valence-electron chi connectivity index (χ1n) is 9.23. The lowest BCUT2D eigenvalue weighted by Crippen LogP contribution is -2.24. The summed E-state index contributed by atoms with van der Waals surface area (Å²) in [4.78, 5) is 16.4. The standard InChI is InChI=1S/C23H20N4O2/c1-17-13-18(15-27(17)20-9-3-2-4-10-20)14-25-26-22(28)16-29-21-11-5-7-19-8-6-12-24-23(19)21/h2-15H,16H2,1H3,(H,26,28)/b25-14-. The third-order valence-electron chi connectivity index (χ3n) is 4.43. The van der Waals surface area contributed by atoms with Gasteiger partial charge in [0.1, 0.15) is 11.3 Å². The first-order valence-corrected chi connectivity index (χ1v) is 9.23. The van der Waals surface area contributed by atoms with E-state index in [1.54, 1.807) is 18.5 Å². The molecule has 0 atom stereocenters. The first-order chi connectivity index (χ1) is 14.2. The van der Waals surface area contributed by atoms with E-state index in [4.69, 9.17) is 4.74 Å².